The molecule has 2 heterocycles. The number of rotatable bonds is 5. The number of aromatic nitrogens is 2. The molecule has 0 saturated carbocycles. The van der Waals surface area contributed by atoms with Gasteiger partial charge in [-0.2, -0.15) is 13.9 Å². The average Bonchev–Trinajstić information content (AvgIpc) is 2.99. The summed E-state index contributed by atoms with van der Waals surface area (Å²) in [6, 6.07) is 1.28. The highest BCUT2D eigenvalue weighted by atomic mass is 19.3. The highest BCUT2D eigenvalue weighted by molar-refractivity contribution is 5.92. The molecule has 1 aliphatic rings. The maximum atomic E-state index is 12.3. The molecule has 1 aliphatic heterocycles. The van der Waals surface area contributed by atoms with E-state index in [2.05, 4.69) is 10.4 Å². The minimum Gasteiger partial charge on any atom is -0.381 e. The van der Waals surface area contributed by atoms with E-state index >= 15 is 0 Å². The molecule has 0 radical (unpaired) electrons. The molecule has 0 unspecified atom stereocenters. The van der Waals surface area contributed by atoms with Crippen LogP contribution in [0.1, 0.15) is 29.9 Å². The van der Waals surface area contributed by atoms with E-state index < -0.39 is 12.5 Å². The highest BCUT2D eigenvalue weighted by Gasteiger charge is 2.16. The molecule has 0 spiro atoms. The molecule has 1 amide bonds. The number of nitrogens with zero attached hydrogens (tertiary/aromatic N) is 2. The Morgan fingerprint density at radius 2 is 2.50 bits per heavy atom. The van der Waals surface area contributed by atoms with Crippen LogP contribution in [0, 0.1) is 5.92 Å². The van der Waals surface area contributed by atoms with Crippen molar-refractivity contribution < 1.29 is 18.3 Å². The zero-order chi connectivity index (χ0) is 13.0. The van der Waals surface area contributed by atoms with Crippen LogP contribution in [0.3, 0.4) is 0 Å². The van der Waals surface area contributed by atoms with E-state index in [0.29, 0.717) is 17.1 Å². The number of ether oxygens (including phenoxy) is 1. The van der Waals surface area contributed by atoms with Crippen molar-refractivity contribution in [1.82, 2.24) is 15.1 Å². The number of carbonyl (C=O) groups excluding carboxylic acids is 1. The molecule has 100 valence electrons. The van der Waals surface area contributed by atoms with E-state index in [9.17, 15) is 13.6 Å². The topological polar surface area (TPSA) is 56.1 Å². The SMILES string of the molecule is O=C(NCC[C@@H]1CCOC1)c1ccn(C(F)F)n1. The molecule has 1 aromatic heterocycles. The van der Waals surface area contributed by atoms with Gasteiger partial charge in [0.25, 0.3) is 5.91 Å². The summed E-state index contributed by atoms with van der Waals surface area (Å²) in [7, 11) is 0. The molecule has 2 rings (SSSR count). The second-order valence-electron chi connectivity index (χ2n) is 4.23. The van der Waals surface area contributed by atoms with Crippen molar-refractivity contribution in [3.05, 3.63) is 18.0 Å². The van der Waals surface area contributed by atoms with Crippen molar-refractivity contribution in [2.75, 3.05) is 19.8 Å². The number of nitrogens with one attached hydrogen (secondary N) is 1. The van der Waals surface area contributed by atoms with Crippen molar-refractivity contribution >= 4 is 5.91 Å². The fraction of sp³-hybridized carbons (Fsp3) is 0.636. The summed E-state index contributed by atoms with van der Waals surface area (Å²) in [6.07, 6.45) is 2.93. The van der Waals surface area contributed by atoms with Gasteiger partial charge >= 0.3 is 6.55 Å². The predicted octanol–water partition coefficient (Wildman–Crippen LogP) is 1.43. The first kappa shape index (κ1) is 12.9. The first-order valence-electron chi connectivity index (χ1n) is 5.86. The second-order valence-corrected chi connectivity index (χ2v) is 4.23. The third-order valence-corrected chi connectivity index (χ3v) is 2.90. The standard InChI is InChI=1S/C11H15F2N3O2/c12-11(13)16-5-2-9(15-16)10(17)14-4-1-8-3-6-18-7-8/h2,5,8,11H,1,3-4,6-7H2,(H,14,17)/t8-/m1/s1. The van der Waals surface area contributed by atoms with Gasteiger partial charge in [0.2, 0.25) is 0 Å². The van der Waals surface area contributed by atoms with Crippen LogP contribution >= 0.6 is 0 Å². The Balaban J connectivity index is 1.76. The fourth-order valence-electron chi connectivity index (χ4n) is 1.86. The van der Waals surface area contributed by atoms with Crippen molar-refractivity contribution in [3.8, 4) is 0 Å². The molecular weight excluding hydrogens is 244 g/mol. The highest BCUT2D eigenvalue weighted by Crippen LogP contribution is 2.15. The van der Waals surface area contributed by atoms with E-state index in [1.807, 2.05) is 0 Å². The molecule has 1 saturated heterocycles. The first-order valence-corrected chi connectivity index (χ1v) is 5.86. The van der Waals surface area contributed by atoms with Crippen LogP contribution in [0.2, 0.25) is 0 Å². The van der Waals surface area contributed by atoms with Crippen LogP contribution in [0.4, 0.5) is 8.78 Å². The van der Waals surface area contributed by atoms with E-state index in [-0.39, 0.29) is 5.69 Å². The Morgan fingerprint density at radius 1 is 1.67 bits per heavy atom. The normalized spacial score (nSPS) is 19.4. The van der Waals surface area contributed by atoms with Crippen LogP contribution in [-0.4, -0.2) is 35.4 Å². The summed E-state index contributed by atoms with van der Waals surface area (Å²) in [5.41, 5.74) is 0.0120. The van der Waals surface area contributed by atoms with Gasteiger partial charge < -0.3 is 10.1 Å². The van der Waals surface area contributed by atoms with Crippen LogP contribution in [0.15, 0.2) is 12.3 Å². The number of hydrogen-bond acceptors (Lipinski definition) is 3. The van der Waals surface area contributed by atoms with Crippen LogP contribution in [0.5, 0.6) is 0 Å². The first-order chi connectivity index (χ1) is 8.66. The molecule has 0 bridgehead atoms. The summed E-state index contributed by atoms with van der Waals surface area (Å²) in [5, 5.41) is 6.15. The maximum absolute atomic E-state index is 12.3. The summed E-state index contributed by atoms with van der Waals surface area (Å²) in [6.45, 7) is -0.705. The van der Waals surface area contributed by atoms with Crippen molar-refractivity contribution in [2.24, 2.45) is 5.92 Å². The van der Waals surface area contributed by atoms with Crippen molar-refractivity contribution in [2.45, 2.75) is 19.4 Å². The summed E-state index contributed by atoms with van der Waals surface area (Å²) in [4.78, 5) is 11.6. The van der Waals surface area contributed by atoms with Gasteiger partial charge in [0.1, 0.15) is 5.69 Å². The number of hydrogen-bond donors (Lipinski definition) is 1. The van der Waals surface area contributed by atoms with Gasteiger partial charge in [0.05, 0.1) is 0 Å². The van der Waals surface area contributed by atoms with E-state index in [1.165, 1.54) is 6.07 Å². The molecule has 1 N–H and O–H groups in total. The average molecular weight is 259 g/mol. The second kappa shape index (κ2) is 5.90. The van der Waals surface area contributed by atoms with Gasteiger partial charge in [-0.15, -0.1) is 0 Å². The zero-order valence-corrected chi connectivity index (χ0v) is 9.81. The summed E-state index contributed by atoms with van der Waals surface area (Å²) < 4.78 is 30.2. The van der Waals surface area contributed by atoms with Crippen LogP contribution < -0.4 is 5.32 Å². The van der Waals surface area contributed by atoms with Crippen molar-refractivity contribution in [3.63, 3.8) is 0 Å². The number of carbonyl (C=O) groups is 1. The minimum atomic E-state index is -2.72. The number of amides is 1. The maximum Gasteiger partial charge on any atom is 0.333 e. The quantitative estimate of drug-likeness (QED) is 0.870. The van der Waals surface area contributed by atoms with Gasteiger partial charge in [-0.05, 0) is 24.8 Å². The Bertz CT molecular complexity index is 403. The molecule has 1 aromatic rings. The van der Waals surface area contributed by atoms with Gasteiger partial charge in [0.15, 0.2) is 0 Å². The van der Waals surface area contributed by atoms with Crippen molar-refractivity contribution in [1.29, 1.82) is 0 Å². The third kappa shape index (κ3) is 3.25. The lowest BCUT2D eigenvalue weighted by atomic mass is 10.1. The van der Waals surface area contributed by atoms with Gasteiger partial charge in [-0.3, -0.25) is 4.79 Å². The minimum absolute atomic E-state index is 0.0120. The zero-order valence-electron chi connectivity index (χ0n) is 9.81. The lowest BCUT2D eigenvalue weighted by Gasteiger charge is -2.07. The Labute approximate surface area is 103 Å². The van der Waals surface area contributed by atoms with Gasteiger partial charge in [0, 0.05) is 26.0 Å². The third-order valence-electron chi connectivity index (χ3n) is 2.90. The molecular formula is C11H15F2N3O2. The molecule has 0 aliphatic carbocycles. The fourth-order valence-corrected chi connectivity index (χ4v) is 1.86. The molecule has 18 heavy (non-hydrogen) atoms. The summed E-state index contributed by atoms with van der Waals surface area (Å²) >= 11 is 0. The molecule has 0 aromatic carbocycles. The van der Waals surface area contributed by atoms with Gasteiger partial charge in [-0.1, -0.05) is 0 Å². The van der Waals surface area contributed by atoms with E-state index in [0.717, 1.165) is 32.3 Å². The number of halogens is 2. The smallest absolute Gasteiger partial charge is 0.333 e. The number of alkyl halides is 2. The van der Waals surface area contributed by atoms with Crippen LogP contribution in [-0.2, 0) is 4.74 Å². The lowest BCUT2D eigenvalue weighted by molar-refractivity contribution is 0.0560. The summed E-state index contributed by atoms with van der Waals surface area (Å²) in [5.74, 6) is 0.0530. The molecule has 1 atom stereocenters. The molecule has 7 heteroatoms. The monoisotopic (exact) mass is 259 g/mol. The molecule has 1 fully saturated rings. The molecule has 5 nitrogen and oxygen atoms in total. The lowest BCUT2D eigenvalue weighted by Crippen LogP contribution is -2.26. The largest absolute Gasteiger partial charge is 0.381 e. The Morgan fingerprint density at radius 3 is 3.11 bits per heavy atom. The van der Waals surface area contributed by atoms with Gasteiger partial charge in [-0.25, -0.2) is 4.68 Å². The Hall–Kier alpha value is -1.50. The van der Waals surface area contributed by atoms with Crippen LogP contribution in [0.25, 0.3) is 0 Å². The van der Waals surface area contributed by atoms with E-state index in [1.54, 1.807) is 0 Å². The Kier molecular flexibility index (Phi) is 4.24. The van der Waals surface area contributed by atoms with E-state index in [4.69, 9.17) is 4.74 Å². The predicted molar refractivity (Wildman–Crippen MR) is 59.4 cm³/mol.